The molecule has 1 aromatic carbocycles. The molecule has 0 radical (unpaired) electrons. The first-order chi connectivity index (χ1) is 8.40. The number of rotatable bonds is 5. The first kappa shape index (κ1) is 15.3. The molecule has 18 heavy (non-hydrogen) atoms. The van der Waals surface area contributed by atoms with Gasteiger partial charge in [0, 0.05) is 6.54 Å². The first-order valence-corrected chi connectivity index (χ1v) is 7.56. The van der Waals surface area contributed by atoms with Crippen LogP contribution in [-0.4, -0.2) is 25.8 Å². The minimum absolute atomic E-state index is 0.153. The topological polar surface area (TPSA) is 61.2 Å². The van der Waals surface area contributed by atoms with E-state index in [0.717, 1.165) is 4.31 Å². The third-order valence-electron chi connectivity index (χ3n) is 2.33. The maximum atomic E-state index is 12.0. The SMILES string of the molecule is CCN(CC#N)S(=O)(=O)Cc1ccc(Cl)c(Cl)c1. The third-order valence-corrected chi connectivity index (χ3v) is 4.94. The predicted molar refractivity (Wildman–Crippen MR) is 71.9 cm³/mol. The van der Waals surface area contributed by atoms with Crippen molar-refractivity contribution < 1.29 is 8.42 Å². The molecule has 0 aliphatic rings. The monoisotopic (exact) mass is 306 g/mol. The molecule has 0 aliphatic heterocycles. The molecule has 0 N–H and O–H groups in total. The van der Waals surface area contributed by atoms with Crippen molar-refractivity contribution in [1.29, 1.82) is 5.26 Å². The average molecular weight is 307 g/mol. The van der Waals surface area contributed by atoms with Gasteiger partial charge in [0.1, 0.15) is 6.54 Å². The van der Waals surface area contributed by atoms with Gasteiger partial charge in [-0.3, -0.25) is 0 Å². The van der Waals surface area contributed by atoms with Gasteiger partial charge in [-0.15, -0.1) is 0 Å². The molecule has 0 heterocycles. The summed E-state index contributed by atoms with van der Waals surface area (Å²) in [6, 6.07) is 6.50. The lowest BCUT2D eigenvalue weighted by molar-refractivity contribution is 0.462. The van der Waals surface area contributed by atoms with Crippen LogP contribution in [0, 0.1) is 11.3 Å². The van der Waals surface area contributed by atoms with Crippen LogP contribution in [0.2, 0.25) is 10.0 Å². The van der Waals surface area contributed by atoms with E-state index in [0.29, 0.717) is 15.6 Å². The second kappa shape index (κ2) is 6.39. The van der Waals surface area contributed by atoms with Crippen molar-refractivity contribution in [3.63, 3.8) is 0 Å². The third kappa shape index (κ3) is 3.85. The fourth-order valence-electron chi connectivity index (χ4n) is 1.42. The highest BCUT2D eigenvalue weighted by molar-refractivity contribution is 7.88. The summed E-state index contributed by atoms with van der Waals surface area (Å²) in [5.41, 5.74) is 0.542. The van der Waals surface area contributed by atoms with Gasteiger partial charge in [0.05, 0.1) is 21.9 Å². The Kier molecular flexibility index (Phi) is 5.42. The number of hydrogen-bond acceptors (Lipinski definition) is 3. The van der Waals surface area contributed by atoms with Crippen LogP contribution >= 0.6 is 23.2 Å². The van der Waals surface area contributed by atoms with Crippen LogP contribution in [0.3, 0.4) is 0 Å². The maximum absolute atomic E-state index is 12.0. The molecule has 0 fully saturated rings. The molecule has 7 heteroatoms. The first-order valence-electron chi connectivity index (χ1n) is 5.19. The van der Waals surface area contributed by atoms with Gasteiger partial charge in [0.2, 0.25) is 10.0 Å². The summed E-state index contributed by atoms with van der Waals surface area (Å²) in [7, 11) is -3.51. The van der Waals surface area contributed by atoms with Gasteiger partial charge in [0.25, 0.3) is 0 Å². The summed E-state index contributed by atoms with van der Waals surface area (Å²) in [5, 5.41) is 9.27. The zero-order valence-electron chi connectivity index (χ0n) is 9.73. The Balaban J connectivity index is 2.95. The van der Waals surface area contributed by atoms with Crippen molar-refractivity contribution in [2.24, 2.45) is 0 Å². The average Bonchev–Trinajstić information content (AvgIpc) is 2.30. The highest BCUT2D eigenvalue weighted by Gasteiger charge is 2.20. The van der Waals surface area contributed by atoms with Crippen LogP contribution in [0.4, 0.5) is 0 Å². The molecule has 1 aromatic rings. The van der Waals surface area contributed by atoms with Crippen molar-refractivity contribution >= 4 is 33.2 Å². The number of nitriles is 1. The molecular weight excluding hydrogens is 295 g/mol. The highest BCUT2D eigenvalue weighted by Crippen LogP contribution is 2.24. The summed E-state index contributed by atoms with van der Waals surface area (Å²) in [6.07, 6.45) is 0. The van der Waals surface area contributed by atoms with E-state index in [1.54, 1.807) is 19.1 Å². The predicted octanol–water partition coefficient (Wildman–Crippen LogP) is 2.67. The summed E-state index contributed by atoms with van der Waals surface area (Å²) in [4.78, 5) is 0. The maximum Gasteiger partial charge on any atom is 0.219 e. The fraction of sp³-hybridized carbons (Fsp3) is 0.364. The lowest BCUT2D eigenvalue weighted by Crippen LogP contribution is -2.32. The zero-order valence-corrected chi connectivity index (χ0v) is 12.1. The van der Waals surface area contributed by atoms with Crippen molar-refractivity contribution in [2.75, 3.05) is 13.1 Å². The molecule has 98 valence electrons. The Morgan fingerprint density at radius 3 is 2.50 bits per heavy atom. The van der Waals surface area contributed by atoms with Crippen molar-refractivity contribution in [3.05, 3.63) is 33.8 Å². The van der Waals surface area contributed by atoms with E-state index >= 15 is 0 Å². The smallest absolute Gasteiger partial charge is 0.212 e. The van der Waals surface area contributed by atoms with Crippen LogP contribution in [0.25, 0.3) is 0 Å². The van der Waals surface area contributed by atoms with E-state index in [2.05, 4.69) is 0 Å². The Bertz CT molecular complexity index is 567. The second-order valence-corrected chi connectivity index (χ2v) is 6.37. The number of hydrogen-bond donors (Lipinski definition) is 0. The fourth-order valence-corrected chi connectivity index (χ4v) is 3.17. The van der Waals surface area contributed by atoms with Crippen molar-refractivity contribution in [1.82, 2.24) is 4.31 Å². The number of benzene rings is 1. The molecule has 0 saturated heterocycles. The Hall–Kier alpha value is -0.800. The van der Waals surface area contributed by atoms with Crippen LogP contribution in [0.15, 0.2) is 18.2 Å². The highest BCUT2D eigenvalue weighted by atomic mass is 35.5. The van der Waals surface area contributed by atoms with E-state index in [9.17, 15) is 8.42 Å². The Morgan fingerprint density at radius 2 is 2.00 bits per heavy atom. The number of halogens is 2. The molecule has 0 spiro atoms. The molecule has 0 atom stereocenters. The largest absolute Gasteiger partial charge is 0.219 e. The molecule has 0 unspecified atom stereocenters. The van der Waals surface area contributed by atoms with Crippen LogP contribution in [0.5, 0.6) is 0 Å². The van der Waals surface area contributed by atoms with Crippen molar-refractivity contribution in [3.8, 4) is 6.07 Å². The van der Waals surface area contributed by atoms with Gasteiger partial charge < -0.3 is 0 Å². The quantitative estimate of drug-likeness (QED) is 0.786. The van der Waals surface area contributed by atoms with Crippen molar-refractivity contribution in [2.45, 2.75) is 12.7 Å². The van der Waals surface area contributed by atoms with Gasteiger partial charge >= 0.3 is 0 Å². The minimum Gasteiger partial charge on any atom is -0.212 e. The van der Waals surface area contributed by atoms with E-state index in [1.165, 1.54) is 6.07 Å². The number of nitrogens with zero attached hydrogens (tertiary/aromatic N) is 2. The van der Waals surface area contributed by atoms with Gasteiger partial charge in [0.15, 0.2) is 0 Å². The van der Waals surface area contributed by atoms with E-state index in [1.807, 2.05) is 6.07 Å². The van der Waals surface area contributed by atoms with Crippen LogP contribution in [-0.2, 0) is 15.8 Å². The molecule has 0 bridgehead atoms. The normalized spacial score (nSPS) is 11.5. The molecule has 0 saturated carbocycles. The van der Waals surface area contributed by atoms with Crippen LogP contribution in [0.1, 0.15) is 12.5 Å². The summed E-state index contributed by atoms with van der Waals surface area (Å²) >= 11 is 11.6. The van der Waals surface area contributed by atoms with E-state index < -0.39 is 10.0 Å². The molecule has 0 aliphatic carbocycles. The summed E-state index contributed by atoms with van der Waals surface area (Å²) in [5.74, 6) is -0.195. The summed E-state index contributed by atoms with van der Waals surface area (Å²) in [6.45, 7) is 1.79. The number of sulfonamides is 1. The van der Waals surface area contributed by atoms with Gasteiger partial charge in [-0.05, 0) is 17.7 Å². The molecular formula is C11H12Cl2N2O2S. The standard InChI is InChI=1S/C11H12Cl2N2O2S/c1-2-15(6-5-14)18(16,17)8-9-3-4-10(12)11(13)7-9/h3-4,7H,2,6,8H2,1H3. The second-order valence-electron chi connectivity index (χ2n) is 3.59. The van der Waals surface area contributed by atoms with Gasteiger partial charge in [-0.2, -0.15) is 9.57 Å². The summed E-state index contributed by atoms with van der Waals surface area (Å²) < 4.78 is 25.2. The van der Waals surface area contributed by atoms with Gasteiger partial charge in [-0.25, -0.2) is 8.42 Å². The molecule has 0 aromatic heterocycles. The zero-order chi connectivity index (χ0) is 13.8. The minimum atomic E-state index is -3.51. The Morgan fingerprint density at radius 1 is 1.33 bits per heavy atom. The lowest BCUT2D eigenvalue weighted by Gasteiger charge is -2.17. The lowest BCUT2D eigenvalue weighted by atomic mass is 10.2. The van der Waals surface area contributed by atoms with Gasteiger partial charge in [-0.1, -0.05) is 36.2 Å². The molecule has 0 amide bonds. The molecule has 4 nitrogen and oxygen atoms in total. The van der Waals surface area contributed by atoms with Crippen LogP contribution < -0.4 is 0 Å². The van der Waals surface area contributed by atoms with E-state index in [4.69, 9.17) is 28.5 Å². The Labute approximate surface area is 117 Å². The molecule has 1 rings (SSSR count). The van der Waals surface area contributed by atoms with E-state index in [-0.39, 0.29) is 18.8 Å².